The molecule has 6 heteroatoms. The molecule has 1 atom stereocenters. The molecule has 0 aromatic heterocycles. The second-order valence-corrected chi connectivity index (χ2v) is 5.59. The third-order valence-corrected chi connectivity index (χ3v) is 5.03. The molecule has 0 rings (SSSR count). The number of hydrogen-bond acceptors (Lipinski definition) is 3. The van der Waals surface area contributed by atoms with E-state index < -0.39 is 10.4 Å². The molecule has 0 fully saturated rings. The van der Waals surface area contributed by atoms with Gasteiger partial charge in [0.2, 0.25) is 0 Å². The third-order valence-electron chi connectivity index (χ3n) is 0.943. The zero-order valence-corrected chi connectivity index (χ0v) is 9.40. The summed E-state index contributed by atoms with van der Waals surface area (Å²) in [6, 6.07) is 0. The Morgan fingerprint density at radius 3 is 2.30 bits per heavy atom. The molecular formula is C4H6NO2SSe2. The van der Waals surface area contributed by atoms with Crippen molar-refractivity contribution in [2.24, 2.45) is 5.73 Å². The van der Waals surface area contributed by atoms with Crippen LogP contribution in [-0.2, 0) is 4.79 Å². The van der Waals surface area contributed by atoms with E-state index >= 15 is 0 Å². The standard InChI is InChI=1S/C4H6NO2SSe2/c1-10-4(5,2(6)7)3(8)9/h5H2,1H3,(H,6,7). The topological polar surface area (TPSA) is 63.3 Å². The predicted molar refractivity (Wildman–Crippen MR) is 44.5 cm³/mol. The SMILES string of the molecule is C[Se]C(N)(C(=O)O)C(=S)[Se]. The number of rotatable bonds is 3. The second-order valence-electron chi connectivity index (χ2n) is 1.53. The van der Waals surface area contributed by atoms with Crippen molar-refractivity contribution in [2.45, 2.75) is 10.3 Å². The van der Waals surface area contributed by atoms with Gasteiger partial charge in [-0.05, 0) is 0 Å². The molecule has 1 unspecified atom stereocenters. The summed E-state index contributed by atoms with van der Waals surface area (Å²) in [5.41, 5.74) is 5.44. The molecule has 0 heterocycles. The summed E-state index contributed by atoms with van der Waals surface area (Å²) in [4.78, 5) is 10.5. The van der Waals surface area contributed by atoms with Crippen molar-refractivity contribution in [3.05, 3.63) is 0 Å². The van der Waals surface area contributed by atoms with Crippen LogP contribution in [0.25, 0.3) is 0 Å². The monoisotopic (exact) mass is 292 g/mol. The molecule has 0 amide bonds. The predicted octanol–water partition coefficient (Wildman–Crippen LogP) is -1.03. The zero-order chi connectivity index (χ0) is 8.36. The molecule has 0 aromatic carbocycles. The Hall–Kier alpha value is 0.559. The molecular weight excluding hydrogens is 284 g/mol. The molecule has 3 nitrogen and oxygen atoms in total. The summed E-state index contributed by atoms with van der Waals surface area (Å²) < 4.78 is -1.08. The molecule has 10 heavy (non-hydrogen) atoms. The zero-order valence-electron chi connectivity index (χ0n) is 5.16. The van der Waals surface area contributed by atoms with Crippen molar-refractivity contribution in [3.8, 4) is 0 Å². The first kappa shape index (κ1) is 10.6. The minimum atomic E-state index is -1.30. The number of carbonyl (C=O) groups is 1. The number of thiocarbonyl (C=S) groups is 1. The summed E-state index contributed by atoms with van der Waals surface area (Å²) in [5, 5.41) is 8.59. The molecule has 0 spiro atoms. The Morgan fingerprint density at radius 1 is 1.90 bits per heavy atom. The van der Waals surface area contributed by atoms with Gasteiger partial charge >= 0.3 is 78.8 Å². The Morgan fingerprint density at radius 2 is 2.30 bits per heavy atom. The maximum atomic E-state index is 10.5. The van der Waals surface area contributed by atoms with E-state index in [0.29, 0.717) is 0 Å². The van der Waals surface area contributed by atoms with Crippen LogP contribution >= 0.6 is 12.2 Å². The quantitative estimate of drug-likeness (QED) is 0.515. The van der Waals surface area contributed by atoms with E-state index in [1.165, 1.54) is 0 Å². The molecule has 0 aliphatic rings. The van der Waals surface area contributed by atoms with Crippen LogP contribution in [0.2, 0.25) is 5.82 Å². The molecule has 0 aliphatic carbocycles. The number of aliphatic carboxylic acids is 1. The van der Waals surface area contributed by atoms with Crippen molar-refractivity contribution < 1.29 is 9.90 Å². The average Bonchev–Trinajstić information content (AvgIpc) is 1.85. The Balaban J connectivity index is 4.55. The van der Waals surface area contributed by atoms with Gasteiger partial charge in [0.25, 0.3) is 0 Å². The van der Waals surface area contributed by atoms with E-state index in [-0.39, 0.29) is 18.7 Å². The number of carboxylic acids is 1. The fourth-order valence-corrected chi connectivity index (χ4v) is 2.59. The van der Waals surface area contributed by atoms with Gasteiger partial charge in [-0.2, -0.15) is 0 Å². The Bertz CT molecular complexity index is 159. The summed E-state index contributed by atoms with van der Waals surface area (Å²) in [5.74, 6) is 0.684. The maximum absolute atomic E-state index is 10.5. The van der Waals surface area contributed by atoms with Crippen LogP contribution < -0.4 is 5.73 Å². The number of carboxylic acid groups (broad SMARTS) is 1. The van der Waals surface area contributed by atoms with Crippen LogP contribution in [0.5, 0.6) is 0 Å². The van der Waals surface area contributed by atoms with Crippen LogP contribution in [-0.4, -0.2) is 50.2 Å². The Kier molecular flexibility index (Phi) is 4.02. The van der Waals surface area contributed by atoms with Gasteiger partial charge in [-0.15, -0.1) is 0 Å². The summed E-state index contributed by atoms with van der Waals surface area (Å²) >= 11 is 6.89. The Labute approximate surface area is 78.7 Å². The third kappa shape index (κ3) is 2.02. The summed E-state index contributed by atoms with van der Waals surface area (Å²) in [7, 11) is 0. The van der Waals surface area contributed by atoms with Gasteiger partial charge in [-0.1, -0.05) is 0 Å². The summed E-state index contributed by atoms with van der Waals surface area (Å²) in [6.45, 7) is 0. The van der Waals surface area contributed by atoms with Gasteiger partial charge in [-0.25, -0.2) is 0 Å². The molecule has 57 valence electrons. The minimum absolute atomic E-state index is 0.221. The van der Waals surface area contributed by atoms with Crippen LogP contribution in [0, 0.1) is 0 Å². The van der Waals surface area contributed by atoms with Gasteiger partial charge < -0.3 is 0 Å². The van der Waals surface area contributed by atoms with E-state index in [4.69, 9.17) is 10.8 Å². The summed E-state index contributed by atoms with van der Waals surface area (Å²) in [6.07, 6.45) is 0. The molecule has 1 radical (unpaired) electrons. The molecule has 0 aliphatic heterocycles. The van der Waals surface area contributed by atoms with Crippen molar-refractivity contribution >= 4 is 52.9 Å². The van der Waals surface area contributed by atoms with Gasteiger partial charge in [0, 0.05) is 0 Å². The van der Waals surface area contributed by atoms with Crippen molar-refractivity contribution in [1.29, 1.82) is 0 Å². The van der Waals surface area contributed by atoms with Gasteiger partial charge in [0.1, 0.15) is 0 Å². The molecule has 3 N–H and O–H groups in total. The molecule has 0 saturated heterocycles. The number of nitrogens with two attached hydrogens (primary N) is 1. The van der Waals surface area contributed by atoms with E-state index in [9.17, 15) is 4.79 Å². The molecule has 0 saturated carbocycles. The first-order valence-corrected chi connectivity index (χ1v) is 6.07. The normalized spacial score (nSPS) is 15.8. The van der Waals surface area contributed by atoms with Crippen molar-refractivity contribution in [2.75, 3.05) is 0 Å². The second kappa shape index (κ2) is 3.81. The number of hydrogen-bond donors (Lipinski definition) is 2. The fourth-order valence-electron chi connectivity index (χ4n) is 0.258. The van der Waals surface area contributed by atoms with Crippen LogP contribution in [0.3, 0.4) is 0 Å². The van der Waals surface area contributed by atoms with E-state index in [2.05, 4.69) is 28.2 Å². The van der Waals surface area contributed by atoms with Crippen LogP contribution in [0.15, 0.2) is 0 Å². The van der Waals surface area contributed by atoms with Gasteiger partial charge in [0.05, 0.1) is 0 Å². The van der Waals surface area contributed by atoms with Crippen molar-refractivity contribution in [3.63, 3.8) is 0 Å². The fraction of sp³-hybridized carbons (Fsp3) is 0.500. The van der Waals surface area contributed by atoms with Gasteiger partial charge in [-0.3, -0.25) is 0 Å². The average molecular weight is 290 g/mol. The first-order chi connectivity index (χ1) is 4.45. The van der Waals surface area contributed by atoms with E-state index in [1.807, 2.05) is 0 Å². The van der Waals surface area contributed by atoms with E-state index in [0.717, 1.165) is 0 Å². The van der Waals surface area contributed by atoms with E-state index in [1.54, 1.807) is 5.82 Å². The van der Waals surface area contributed by atoms with Crippen LogP contribution in [0.4, 0.5) is 0 Å². The molecule has 0 aromatic rings. The van der Waals surface area contributed by atoms with Gasteiger partial charge in [0.15, 0.2) is 0 Å². The molecule has 0 bridgehead atoms. The van der Waals surface area contributed by atoms with Crippen LogP contribution in [0.1, 0.15) is 0 Å². The van der Waals surface area contributed by atoms with Crippen molar-refractivity contribution in [1.82, 2.24) is 0 Å². The first-order valence-electron chi connectivity index (χ1n) is 2.24.